The molecule has 4 aliphatic rings. The van der Waals surface area contributed by atoms with Crippen LogP contribution in [-0.2, 0) is 46.4 Å². The molecule has 60 heavy (non-hydrogen) atoms. The van der Waals surface area contributed by atoms with Crippen molar-refractivity contribution in [3.63, 3.8) is 0 Å². The third-order valence-corrected chi connectivity index (χ3v) is 11.8. The summed E-state index contributed by atoms with van der Waals surface area (Å²) < 4.78 is 27.5. The fraction of sp³-hybridized carbons (Fsp3) is 0.568. The molecule has 3 heterocycles. The van der Waals surface area contributed by atoms with E-state index in [0.29, 0.717) is 41.7 Å². The van der Waals surface area contributed by atoms with Gasteiger partial charge in [0.2, 0.25) is 11.7 Å². The molecule has 0 bridgehead atoms. The van der Waals surface area contributed by atoms with Gasteiger partial charge in [0.1, 0.15) is 30.0 Å². The number of aryl methyl sites for hydroxylation is 1. The Labute approximate surface area is 349 Å². The number of rotatable bonds is 11. The summed E-state index contributed by atoms with van der Waals surface area (Å²) in [6.45, 7) is 10.8. The zero-order valence-corrected chi connectivity index (χ0v) is 35.5. The van der Waals surface area contributed by atoms with E-state index < -0.39 is 71.6 Å². The molecule has 2 saturated heterocycles. The van der Waals surface area contributed by atoms with Crippen LogP contribution in [-0.4, -0.2) is 119 Å². The molecule has 2 N–H and O–H groups in total. The number of amides is 3. The van der Waals surface area contributed by atoms with Crippen LogP contribution in [0.4, 0.5) is 9.59 Å². The van der Waals surface area contributed by atoms with Crippen LogP contribution >= 0.6 is 0 Å². The highest BCUT2D eigenvalue weighted by Crippen LogP contribution is 2.43. The van der Waals surface area contributed by atoms with Gasteiger partial charge in [0.25, 0.3) is 0 Å². The zero-order valence-electron chi connectivity index (χ0n) is 35.5. The third-order valence-electron chi connectivity index (χ3n) is 11.8. The van der Waals surface area contributed by atoms with Crippen molar-refractivity contribution in [3.05, 3.63) is 52.6 Å². The minimum absolute atomic E-state index is 0.0132. The number of fused-ring (bicyclic) bond motifs is 4. The number of Topliss-reactive ketones (excluding diaryl/α,β-unsaturated/α-hetero) is 2. The highest BCUT2D eigenvalue weighted by molar-refractivity contribution is 6.05. The molecule has 16 nitrogen and oxygen atoms in total. The Morgan fingerprint density at radius 1 is 0.983 bits per heavy atom. The van der Waals surface area contributed by atoms with E-state index in [2.05, 4.69) is 5.32 Å². The van der Waals surface area contributed by atoms with Crippen LogP contribution < -0.4 is 10.1 Å². The largest absolute Gasteiger partial charge is 0.488 e. The molecule has 2 aromatic rings. The number of hydrogen-bond donors (Lipinski definition) is 2. The number of ketones is 2. The number of nitrogens with one attached hydrogen (secondary N) is 1. The summed E-state index contributed by atoms with van der Waals surface area (Å²) in [5.41, 5.74) is 0.808. The number of ether oxygens (including phenoxy) is 5. The fourth-order valence-electron chi connectivity index (χ4n) is 8.88. The number of alkyl carbamates (subject to hydrolysis) is 1. The standard InChI is InChI=1S/C44H55N3O13/c1-23(2)36(45-41(54)57-8)38(50)47-24(3)9-13-32(47)39(51)59-34-14-11-26-16-31-29-12-10-27(15-28(29)22-58-35(31)17-30(26)37(34)49)33(48)19-44(40(52)53)18-25(21-56-7)20-46(44)42(55)60-43(4,5)6/h10,12,15-17,23-25,32,34,36H,9,11,13-14,18-22H2,1-8H3,(H,45,54)(H,52,53)/t24-,25-,32?,34?,36-,44-/m0/s1. The number of benzene rings is 2. The van der Waals surface area contributed by atoms with Crippen LogP contribution in [0.2, 0.25) is 0 Å². The van der Waals surface area contributed by atoms with Gasteiger partial charge in [-0.25, -0.2) is 19.2 Å². The minimum atomic E-state index is -1.84. The van der Waals surface area contributed by atoms with Gasteiger partial charge in [-0.3, -0.25) is 19.3 Å². The van der Waals surface area contributed by atoms with Crippen molar-refractivity contribution in [2.45, 2.75) is 122 Å². The smallest absolute Gasteiger partial charge is 0.411 e. The topological polar surface area (TPSA) is 204 Å². The Balaban J connectivity index is 1.18. The van der Waals surface area contributed by atoms with E-state index >= 15 is 0 Å². The predicted octanol–water partition coefficient (Wildman–Crippen LogP) is 5.35. The number of aliphatic carboxylic acids is 1. The number of nitrogens with zero attached hydrogens (tertiary/aromatic N) is 2. The molecule has 6 atom stereocenters. The van der Waals surface area contributed by atoms with Gasteiger partial charge < -0.3 is 39.0 Å². The van der Waals surface area contributed by atoms with Gasteiger partial charge in [-0.15, -0.1) is 0 Å². The molecule has 2 unspecified atom stereocenters. The molecule has 3 aliphatic heterocycles. The quantitative estimate of drug-likeness (QED) is 0.167. The molecule has 2 fully saturated rings. The van der Waals surface area contributed by atoms with Crippen molar-refractivity contribution < 1.29 is 62.4 Å². The van der Waals surface area contributed by atoms with Crippen molar-refractivity contribution in [2.24, 2.45) is 11.8 Å². The molecular weight excluding hydrogens is 778 g/mol. The lowest BCUT2D eigenvalue weighted by molar-refractivity contribution is -0.158. The summed E-state index contributed by atoms with van der Waals surface area (Å²) >= 11 is 0. The number of methoxy groups -OCH3 is 2. The van der Waals surface area contributed by atoms with E-state index in [1.807, 2.05) is 13.0 Å². The first kappa shape index (κ1) is 44.1. The summed E-state index contributed by atoms with van der Waals surface area (Å²) in [5.74, 6) is -3.44. The Kier molecular flexibility index (Phi) is 12.6. The minimum Gasteiger partial charge on any atom is -0.488 e. The van der Waals surface area contributed by atoms with Gasteiger partial charge in [0.05, 0.1) is 13.7 Å². The highest BCUT2D eigenvalue weighted by atomic mass is 16.6. The second-order valence-electron chi connectivity index (χ2n) is 17.6. The van der Waals surface area contributed by atoms with Gasteiger partial charge in [-0.2, -0.15) is 0 Å². The monoisotopic (exact) mass is 833 g/mol. The maximum absolute atomic E-state index is 13.9. The van der Waals surface area contributed by atoms with E-state index in [-0.39, 0.29) is 61.8 Å². The van der Waals surface area contributed by atoms with Crippen LogP contribution in [0.5, 0.6) is 5.75 Å². The van der Waals surface area contributed by atoms with Gasteiger partial charge >= 0.3 is 24.1 Å². The first-order valence-electron chi connectivity index (χ1n) is 20.4. The van der Waals surface area contributed by atoms with Crippen LogP contribution in [0.15, 0.2) is 30.3 Å². The number of esters is 1. The highest BCUT2D eigenvalue weighted by Gasteiger charge is 2.56. The number of hydrogen-bond acceptors (Lipinski definition) is 12. The lowest BCUT2D eigenvalue weighted by Gasteiger charge is -2.35. The van der Waals surface area contributed by atoms with E-state index in [0.717, 1.165) is 16.0 Å². The van der Waals surface area contributed by atoms with Crippen LogP contribution in [0, 0.1) is 11.8 Å². The molecule has 0 saturated carbocycles. The summed E-state index contributed by atoms with van der Waals surface area (Å²) in [7, 11) is 2.70. The normalized spacial score (nSPS) is 23.8. The average molecular weight is 834 g/mol. The van der Waals surface area contributed by atoms with Gasteiger partial charge in [-0.1, -0.05) is 26.0 Å². The summed E-state index contributed by atoms with van der Waals surface area (Å²) in [6, 6.07) is 6.43. The molecular formula is C44H55N3O13. The first-order valence-corrected chi connectivity index (χ1v) is 20.4. The van der Waals surface area contributed by atoms with E-state index in [4.69, 9.17) is 23.7 Å². The molecule has 0 radical (unpaired) electrons. The molecule has 0 aromatic heterocycles. The maximum atomic E-state index is 13.9. The molecule has 6 rings (SSSR count). The third kappa shape index (κ3) is 8.70. The van der Waals surface area contributed by atoms with Crippen molar-refractivity contribution in [2.75, 3.05) is 27.4 Å². The predicted molar refractivity (Wildman–Crippen MR) is 214 cm³/mol. The Morgan fingerprint density at radius 3 is 2.37 bits per heavy atom. The van der Waals surface area contributed by atoms with Crippen molar-refractivity contribution in [1.82, 2.24) is 15.1 Å². The Bertz CT molecular complexity index is 2080. The number of carbonyl (C=O) groups excluding carboxylic acids is 6. The van der Waals surface area contributed by atoms with Crippen molar-refractivity contribution >= 4 is 41.6 Å². The van der Waals surface area contributed by atoms with Gasteiger partial charge in [0.15, 0.2) is 17.4 Å². The van der Waals surface area contributed by atoms with Crippen molar-refractivity contribution in [3.8, 4) is 16.9 Å². The molecule has 1 aliphatic carbocycles. The summed E-state index contributed by atoms with van der Waals surface area (Å²) in [6.07, 6.45) is -1.57. The number of carboxylic acids is 1. The average Bonchev–Trinajstić information content (AvgIpc) is 3.77. The molecule has 16 heteroatoms. The molecule has 2 aromatic carbocycles. The Hall–Kier alpha value is -5.51. The summed E-state index contributed by atoms with van der Waals surface area (Å²) in [5, 5.41) is 13.1. The van der Waals surface area contributed by atoms with Crippen LogP contribution in [0.1, 0.15) is 105 Å². The lowest BCUT2D eigenvalue weighted by Crippen LogP contribution is -2.56. The lowest BCUT2D eigenvalue weighted by atomic mass is 9.83. The first-order chi connectivity index (χ1) is 28.3. The van der Waals surface area contributed by atoms with E-state index in [1.165, 1.54) is 19.1 Å². The van der Waals surface area contributed by atoms with Crippen LogP contribution in [0.3, 0.4) is 0 Å². The van der Waals surface area contributed by atoms with Gasteiger partial charge in [0, 0.05) is 48.7 Å². The number of carbonyl (C=O) groups is 7. The number of carboxylic acid groups (broad SMARTS) is 1. The SMILES string of the molecule is COC[C@@H]1CN(C(=O)OC(C)(C)C)[C@@](CC(=O)c2ccc3c(c2)COc2cc4c(cc2-3)CCC(OC(=O)C2CC[C@H](C)N2C(=O)[C@@H](NC(=O)OC)C(C)C)C4=O)(C(=O)O)C1. The summed E-state index contributed by atoms with van der Waals surface area (Å²) in [4.78, 5) is 96.0. The van der Waals surface area contributed by atoms with Gasteiger partial charge in [-0.05, 0) is 101 Å². The molecule has 3 amide bonds. The molecule has 324 valence electrons. The molecule has 0 spiro atoms. The second kappa shape index (κ2) is 17.2. The van der Waals surface area contributed by atoms with Crippen LogP contribution in [0.25, 0.3) is 11.1 Å². The van der Waals surface area contributed by atoms with E-state index in [1.54, 1.807) is 58.9 Å². The van der Waals surface area contributed by atoms with Crippen molar-refractivity contribution in [1.29, 1.82) is 0 Å². The Morgan fingerprint density at radius 2 is 1.72 bits per heavy atom. The second-order valence-corrected chi connectivity index (χ2v) is 17.6. The fourth-order valence-corrected chi connectivity index (χ4v) is 8.88. The van der Waals surface area contributed by atoms with E-state index in [9.17, 15) is 38.7 Å². The maximum Gasteiger partial charge on any atom is 0.411 e. The number of likely N-dealkylation sites (tertiary alicyclic amines) is 2. The zero-order chi connectivity index (χ0) is 43.8.